The van der Waals surface area contributed by atoms with Crippen LogP contribution < -0.4 is 5.32 Å². The Bertz CT molecular complexity index is 782. The molecule has 0 aromatic heterocycles. The molecule has 2 amide bonds. The number of hydrogen-bond donors (Lipinski definition) is 1. The average molecular weight is 430 g/mol. The van der Waals surface area contributed by atoms with Crippen molar-refractivity contribution in [1.29, 1.82) is 0 Å². The van der Waals surface area contributed by atoms with Gasteiger partial charge >= 0.3 is 0 Å². The fraction of sp³-hybridized carbons (Fsp3) is 0.692. The van der Waals surface area contributed by atoms with Crippen LogP contribution in [0.5, 0.6) is 0 Å². The topological polar surface area (TPSA) is 52.7 Å². The number of rotatable bonds is 6. The molecule has 1 heterocycles. The molecule has 3 rings (SSSR count). The minimum atomic E-state index is -0.00778. The molecule has 1 aromatic rings. The predicted molar refractivity (Wildman–Crippen MR) is 128 cm³/mol. The summed E-state index contributed by atoms with van der Waals surface area (Å²) >= 11 is 0. The predicted octanol–water partition coefficient (Wildman–Crippen LogP) is 4.52. The zero-order valence-electron chi connectivity index (χ0n) is 20.2. The maximum atomic E-state index is 12.6. The van der Waals surface area contributed by atoms with Crippen molar-refractivity contribution in [3.8, 4) is 0 Å². The molecular formula is C26H43N3O2. The van der Waals surface area contributed by atoms with E-state index in [1.165, 1.54) is 56.9 Å². The Morgan fingerprint density at radius 2 is 1.87 bits per heavy atom. The molecule has 1 saturated heterocycles. The number of amides is 2. The largest absolute Gasteiger partial charge is 0.349 e. The second-order valence-electron chi connectivity index (χ2n) is 10.9. The molecule has 1 aliphatic carbocycles. The van der Waals surface area contributed by atoms with E-state index in [0.29, 0.717) is 18.4 Å². The van der Waals surface area contributed by atoms with Gasteiger partial charge in [0.2, 0.25) is 11.8 Å². The van der Waals surface area contributed by atoms with Crippen LogP contribution in [0.1, 0.15) is 84.8 Å². The van der Waals surface area contributed by atoms with Crippen molar-refractivity contribution in [3.63, 3.8) is 0 Å². The molecule has 0 unspecified atom stereocenters. The van der Waals surface area contributed by atoms with Gasteiger partial charge in [0, 0.05) is 28.4 Å². The highest BCUT2D eigenvalue weighted by Gasteiger charge is 2.42. The second kappa shape index (κ2) is 9.72. The number of carbonyl (C=O) groups is 2. The van der Waals surface area contributed by atoms with E-state index in [-0.39, 0.29) is 24.7 Å². The third-order valence-electron chi connectivity index (χ3n) is 7.36. The van der Waals surface area contributed by atoms with Crippen LogP contribution in [0.3, 0.4) is 0 Å². The minimum Gasteiger partial charge on any atom is -0.349 e. The first kappa shape index (κ1) is 23.8. The quantitative estimate of drug-likeness (QED) is 0.723. The Labute approximate surface area is 190 Å². The van der Waals surface area contributed by atoms with E-state index in [1.807, 2.05) is 0 Å². The van der Waals surface area contributed by atoms with Crippen molar-refractivity contribution >= 4 is 11.8 Å². The number of benzene rings is 1. The lowest BCUT2D eigenvalue weighted by molar-refractivity contribution is -0.128. The van der Waals surface area contributed by atoms with Crippen molar-refractivity contribution in [2.24, 2.45) is 5.41 Å². The molecule has 174 valence electrons. The maximum Gasteiger partial charge on any atom is 0.222 e. The summed E-state index contributed by atoms with van der Waals surface area (Å²) in [5.74, 6) is 0.0208. The standard InChI is InChI=1S/C26H41N3O2.H2/c1-20(30)28(5)16-11-24(31)27-23-10-12-26(22-9-7-6-8-21(22)23)14-18-29(19-15-26)17-13-25(2,3)4;/h6-9,23H,10-19H2,1-5H3,(H,27,31);1H/t23-;/m0./s1. The van der Waals surface area contributed by atoms with Crippen LogP contribution in [0.15, 0.2) is 24.3 Å². The third-order valence-corrected chi connectivity index (χ3v) is 7.36. The number of carbonyl (C=O) groups excluding carboxylic acids is 2. The highest BCUT2D eigenvalue weighted by molar-refractivity contribution is 5.78. The lowest BCUT2D eigenvalue weighted by atomic mass is 9.63. The Balaban J connectivity index is 0.00000363. The van der Waals surface area contributed by atoms with Crippen molar-refractivity contribution in [2.75, 3.05) is 33.2 Å². The van der Waals surface area contributed by atoms with Gasteiger partial charge in [-0.1, -0.05) is 45.0 Å². The van der Waals surface area contributed by atoms with Gasteiger partial charge in [-0.05, 0) is 73.7 Å². The molecule has 0 radical (unpaired) electrons. The van der Waals surface area contributed by atoms with E-state index in [9.17, 15) is 9.59 Å². The van der Waals surface area contributed by atoms with E-state index in [2.05, 4.69) is 55.3 Å². The molecule has 2 aliphatic rings. The molecule has 1 N–H and O–H groups in total. The fourth-order valence-corrected chi connectivity index (χ4v) is 5.06. The molecule has 0 bridgehead atoms. The molecule has 1 aliphatic heterocycles. The zero-order chi connectivity index (χ0) is 22.6. The number of likely N-dealkylation sites (tertiary alicyclic amines) is 1. The molecule has 1 atom stereocenters. The summed E-state index contributed by atoms with van der Waals surface area (Å²) in [6.07, 6.45) is 6.13. The number of nitrogens with one attached hydrogen (secondary N) is 1. The van der Waals surface area contributed by atoms with Crippen LogP contribution in [0.25, 0.3) is 0 Å². The summed E-state index contributed by atoms with van der Waals surface area (Å²) in [6, 6.07) is 8.82. The van der Waals surface area contributed by atoms with E-state index in [1.54, 1.807) is 11.9 Å². The lowest BCUT2D eigenvalue weighted by Crippen LogP contribution is -2.46. The molecule has 1 fully saturated rings. The smallest absolute Gasteiger partial charge is 0.222 e. The van der Waals surface area contributed by atoms with Gasteiger partial charge in [0.05, 0.1) is 6.04 Å². The van der Waals surface area contributed by atoms with E-state index >= 15 is 0 Å². The Hall–Kier alpha value is -1.88. The summed E-state index contributed by atoms with van der Waals surface area (Å²) in [5, 5.41) is 3.25. The third kappa shape index (κ3) is 6.09. The average Bonchev–Trinajstić information content (AvgIpc) is 2.73. The van der Waals surface area contributed by atoms with E-state index < -0.39 is 0 Å². The number of nitrogens with zero attached hydrogens (tertiary/aromatic N) is 2. The van der Waals surface area contributed by atoms with Gasteiger partial charge in [-0.3, -0.25) is 9.59 Å². The van der Waals surface area contributed by atoms with Gasteiger partial charge < -0.3 is 15.1 Å². The molecule has 1 aromatic carbocycles. The van der Waals surface area contributed by atoms with Gasteiger partial charge in [-0.2, -0.15) is 0 Å². The van der Waals surface area contributed by atoms with Crippen LogP contribution in [0.2, 0.25) is 0 Å². The first-order chi connectivity index (χ1) is 14.6. The highest BCUT2D eigenvalue weighted by atomic mass is 16.2. The number of fused-ring (bicyclic) bond motifs is 2. The van der Waals surface area contributed by atoms with Crippen molar-refractivity contribution in [1.82, 2.24) is 15.1 Å². The van der Waals surface area contributed by atoms with Crippen molar-refractivity contribution in [3.05, 3.63) is 35.4 Å². The second-order valence-corrected chi connectivity index (χ2v) is 10.9. The van der Waals surface area contributed by atoms with E-state index in [4.69, 9.17) is 0 Å². The maximum absolute atomic E-state index is 12.6. The highest BCUT2D eigenvalue weighted by Crippen LogP contribution is 2.48. The summed E-state index contributed by atoms with van der Waals surface area (Å²) in [7, 11) is 1.74. The van der Waals surface area contributed by atoms with Crippen molar-refractivity contribution < 1.29 is 11.0 Å². The van der Waals surface area contributed by atoms with Gasteiger partial charge in [0.25, 0.3) is 0 Å². The zero-order valence-corrected chi connectivity index (χ0v) is 20.2. The monoisotopic (exact) mass is 429 g/mol. The molecule has 31 heavy (non-hydrogen) atoms. The SMILES string of the molecule is CC(=O)N(C)CCC(=O)N[C@H]1CCC2(CCN(CCC(C)(C)C)CC2)c2ccccc21.[HH]. The van der Waals surface area contributed by atoms with Crippen molar-refractivity contribution in [2.45, 2.75) is 77.7 Å². The molecule has 5 heteroatoms. The first-order valence-electron chi connectivity index (χ1n) is 11.9. The summed E-state index contributed by atoms with van der Waals surface area (Å²) in [4.78, 5) is 28.2. The van der Waals surface area contributed by atoms with Gasteiger partial charge in [-0.15, -0.1) is 0 Å². The van der Waals surface area contributed by atoms with Crippen LogP contribution in [0.4, 0.5) is 0 Å². The van der Waals surface area contributed by atoms with Crippen LogP contribution in [-0.2, 0) is 15.0 Å². The molecule has 1 spiro atoms. The van der Waals surface area contributed by atoms with Crippen LogP contribution in [0, 0.1) is 5.41 Å². The van der Waals surface area contributed by atoms with Crippen LogP contribution >= 0.6 is 0 Å². The summed E-state index contributed by atoms with van der Waals surface area (Å²) < 4.78 is 0. The van der Waals surface area contributed by atoms with Gasteiger partial charge in [0.15, 0.2) is 0 Å². The molecule has 5 nitrogen and oxygen atoms in total. The molecule has 0 saturated carbocycles. The summed E-state index contributed by atoms with van der Waals surface area (Å²) in [6.45, 7) is 12.5. The van der Waals surface area contributed by atoms with Gasteiger partial charge in [-0.25, -0.2) is 0 Å². The first-order valence-corrected chi connectivity index (χ1v) is 11.9. The Morgan fingerprint density at radius 1 is 1.19 bits per heavy atom. The number of piperidine rings is 1. The Morgan fingerprint density at radius 3 is 2.52 bits per heavy atom. The Kier molecular flexibility index (Phi) is 7.46. The summed E-state index contributed by atoms with van der Waals surface area (Å²) in [5.41, 5.74) is 3.38. The normalized spacial score (nSPS) is 20.9. The van der Waals surface area contributed by atoms with Gasteiger partial charge in [0.1, 0.15) is 0 Å². The molecular weight excluding hydrogens is 386 g/mol. The fourth-order valence-electron chi connectivity index (χ4n) is 5.06. The number of hydrogen-bond acceptors (Lipinski definition) is 3. The van der Waals surface area contributed by atoms with Crippen LogP contribution in [-0.4, -0.2) is 54.8 Å². The lowest BCUT2D eigenvalue weighted by Gasteiger charge is -2.47. The minimum absolute atomic E-state index is 0. The van der Waals surface area contributed by atoms with E-state index in [0.717, 1.165) is 12.8 Å².